The van der Waals surface area contributed by atoms with Crippen molar-refractivity contribution < 1.29 is 17.9 Å². The molecule has 96 valence electrons. The number of rotatable bonds is 4. The molecular formula is C11H20F3NO. The van der Waals surface area contributed by atoms with E-state index in [1.807, 2.05) is 0 Å². The third kappa shape index (κ3) is 5.16. The summed E-state index contributed by atoms with van der Waals surface area (Å²) in [6.45, 7) is 1.02. The van der Waals surface area contributed by atoms with Gasteiger partial charge in [0.05, 0.1) is 6.61 Å². The Balaban J connectivity index is 2.17. The van der Waals surface area contributed by atoms with Crippen LogP contribution in [0.25, 0.3) is 0 Å². The second-order valence-electron chi connectivity index (χ2n) is 4.81. The van der Waals surface area contributed by atoms with Gasteiger partial charge in [-0.15, -0.1) is 0 Å². The van der Waals surface area contributed by atoms with Gasteiger partial charge in [-0.25, -0.2) is 0 Å². The Morgan fingerprint density at radius 3 is 2.31 bits per heavy atom. The maximum absolute atomic E-state index is 11.8. The molecule has 1 aliphatic rings. The highest BCUT2D eigenvalue weighted by Crippen LogP contribution is 2.30. The highest BCUT2D eigenvalue weighted by atomic mass is 19.4. The number of nitrogens with two attached hydrogens (primary N) is 1. The smallest absolute Gasteiger partial charge is 0.370 e. The second-order valence-corrected chi connectivity index (χ2v) is 4.81. The molecule has 0 radical (unpaired) electrons. The van der Waals surface area contributed by atoms with Crippen LogP contribution in [-0.4, -0.2) is 25.4 Å². The molecular weight excluding hydrogens is 219 g/mol. The maximum Gasteiger partial charge on any atom is 0.411 e. The summed E-state index contributed by atoms with van der Waals surface area (Å²) in [6, 6.07) is -0.255. The van der Waals surface area contributed by atoms with Crippen molar-refractivity contribution in [1.29, 1.82) is 0 Å². The topological polar surface area (TPSA) is 35.2 Å². The lowest BCUT2D eigenvalue weighted by molar-refractivity contribution is -0.175. The molecule has 0 heterocycles. The van der Waals surface area contributed by atoms with Crippen LogP contribution in [0.4, 0.5) is 13.2 Å². The molecule has 0 aliphatic heterocycles. The first-order valence-corrected chi connectivity index (χ1v) is 5.78. The van der Waals surface area contributed by atoms with Gasteiger partial charge >= 0.3 is 6.18 Å². The van der Waals surface area contributed by atoms with Gasteiger partial charge in [0.2, 0.25) is 0 Å². The fraction of sp³-hybridized carbons (Fsp3) is 1.00. The van der Waals surface area contributed by atoms with E-state index in [1.54, 1.807) is 0 Å². The van der Waals surface area contributed by atoms with E-state index in [0.717, 1.165) is 31.6 Å². The number of halogens is 3. The summed E-state index contributed by atoms with van der Waals surface area (Å²) in [5.41, 5.74) is 5.83. The minimum absolute atomic E-state index is 0.0125. The number of hydrogen-bond donors (Lipinski definition) is 1. The van der Waals surface area contributed by atoms with E-state index in [9.17, 15) is 13.2 Å². The minimum atomic E-state index is -4.25. The number of ether oxygens (including phenoxy) is 1. The van der Waals surface area contributed by atoms with Crippen LogP contribution in [-0.2, 0) is 4.74 Å². The lowest BCUT2D eigenvalue weighted by Crippen LogP contribution is -2.37. The Morgan fingerprint density at radius 1 is 1.25 bits per heavy atom. The van der Waals surface area contributed by atoms with E-state index in [4.69, 9.17) is 5.73 Å². The number of hydrogen-bond acceptors (Lipinski definition) is 2. The van der Waals surface area contributed by atoms with Crippen molar-refractivity contribution in [1.82, 2.24) is 0 Å². The van der Waals surface area contributed by atoms with Crippen LogP contribution in [0.15, 0.2) is 0 Å². The van der Waals surface area contributed by atoms with Gasteiger partial charge in [-0.1, -0.05) is 19.8 Å². The molecule has 0 spiro atoms. The molecule has 0 saturated heterocycles. The van der Waals surface area contributed by atoms with Gasteiger partial charge in [0.25, 0.3) is 0 Å². The summed E-state index contributed by atoms with van der Waals surface area (Å²) < 4.78 is 40.1. The van der Waals surface area contributed by atoms with Crippen molar-refractivity contribution in [2.45, 2.75) is 44.8 Å². The Kier molecular flexibility index (Phi) is 5.05. The standard InChI is InChI=1S/C11H20F3NO/c1-8-2-4-9(5-3-8)10(15)6-16-7-11(12,13)14/h8-10H,2-7,15H2,1H3. The molecule has 0 amide bonds. The van der Waals surface area contributed by atoms with Gasteiger partial charge < -0.3 is 10.5 Å². The van der Waals surface area contributed by atoms with Crippen molar-refractivity contribution in [3.8, 4) is 0 Å². The molecule has 16 heavy (non-hydrogen) atoms. The average molecular weight is 239 g/mol. The molecule has 1 rings (SSSR count). The SMILES string of the molecule is CC1CCC(C(N)COCC(F)(F)F)CC1. The highest BCUT2D eigenvalue weighted by molar-refractivity contribution is 4.78. The minimum Gasteiger partial charge on any atom is -0.370 e. The van der Waals surface area contributed by atoms with Crippen LogP contribution in [0.2, 0.25) is 0 Å². The summed E-state index contributed by atoms with van der Waals surface area (Å²) in [4.78, 5) is 0. The van der Waals surface area contributed by atoms with E-state index >= 15 is 0 Å². The summed E-state index contributed by atoms with van der Waals surface area (Å²) >= 11 is 0. The lowest BCUT2D eigenvalue weighted by Gasteiger charge is -2.30. The fourth-order valence-corrected chi connectivity index (χ4v) is 2.16. The molecule has 0 aromatic carbocycles. The molecule has 0 aromatic rings. The normalized spacial score (nSPS) is 29.1. The number of alkyl halides is 3. The zero-order valence-electron chi connectivity index (χ0n) is 9.59. The average Bonchev–Trinajstić information content (AvgIpc) is 2.16. The molecule has 2 nitrogen and oxygen atoms in total. The molecule has 1 fully saturated rings. The predicted octanol–water partition coefficient (Wildman–Crippen LogP) is 2.72. The third-order valence-electron chi connectivity index (χ3n) is 3.24. The van der Waals surface area contributed by atoms with Crippen LogP contribution in [0.5, 0.6) is 0 Å². The predicted molar refractivity (Wildman–Crippen MR) is 56.0 cm³/mol. The van der Waals surface area contributed by atoms with Crippen molar-refractivity contribution in [2.24, 2.45) is 17.6 Å². The molecule has 0 aromatic heterocycles. The zero-order valence-corrected chi connectivity index (χ0v) is 9.59. The quantitative estimate of drug-likeness (QED) is 0.818. The Morgan fingerprint density at radius 2 is 1.81 bits per heavy atom. The molecule has 5 heteroatoms. The first-order chi connectivity index (χ1) is 7.38. The molecule has 1 saturated carbocycles. The van der Waals surface area contributed by atoms with Crippen molar-refractivity contribution in [2.75, 3.05) is 13.2 Å². The van der Waals surface area contributed by atoms with Gasteiger partial charge in [0.15, 0.2) is 0 Å². The van der Waals surface area contributed by atoms with E-state index in [2.05, 4.69) is 11.7 Å². The second kappa shape index (κ2) is 5.87. The zero-order chi connectivity index (χ0) is 12.2. The highest BCUT2D eigenvalue weighted by Gasteiger charge is 2.29. The van der Waals surface area contributed by atoms with Crippen molar-refractivity contribution in [3.05, 3.63) is 0 Å². The monoisotopic (exact) mass is 239 g/mol. The van der Waals surface area contributed by atoms with E-state index in [0.29, 0.717) is 5.92 Å². The van der Waals surface area contributed by atoms with E-state index < -0.39 is 12.8 Å². The molecule has 1 unspecified atom stereocenters. The fourth-order valence-electron chi connectivity index (χ4n) is 2.16. The van der Waals surface area contributed by atoms with Gasteiger partial charge in [0, 0.05) is 6.04 Å². The Labute approximate surface area is 94.3 Å². The first kappa shape index (κ1) is 13.8. The van der Waals surface area contributed by atoms with Crippen molar-refractivity contribution in [3.63, 3.8) is 0 Å². The van der Waals surface area contributed by atoms with Crippen LogP contribution in [0, 0.1) is 11.8 Å². The summed E-state index contributed by atoms with van der Waals surface area (Å²) in [5.74, 6) is 1.05. The van der Waals surface area contributed by atoms with Crippen molar-refractivity contribution >= 4 is 0 Å². The first-order valence-electron chi connectivity index (χ1n) is 5.78. The van der Waals surface area contributed by atoms with Gasteiger partial charge in [-0.2, -0.15) is 13.2 Å². The van der Waals surface area contributed by atoms with Crippen LogP contribution >= 0.6 is 0 Å². The van der Waals surface area contributed by atoms with Crippen LogP contribution in [0.1, 0.15) is 32.6 Å². The molecule has 2 N–H and O–H groups in total. The Hall–Kier alpha value is -0.290. The lowest BCUT2D eigenvalue weighted by atomic mass is 9.80. The van der Waals surface area contributed by atoms with E-state index in [-0.39, 0.29) is 12.6 Å². The van der Waals surface area contributed by atoms with E-state index in [1.165, 1.54) is 0 Å². The summed E-state index contributed by atoms with van der Waals surface area (Å²) in [5, 5.41) is 0. The summed E-state index contributed by atoms with van der Waals surface area (Å²) in [6.07, 6.45) is 0.0193. The van der Waals surface area contributed by atoms with Gasteiger partial charge in [-0.3, -0.25) is 0 Å². The van der Waals surface area contributed by atoms with Gasteiger partial charge in [0.1, 0.15) is 6.61 Å². The van der Waals surface area contributed by atoms with Gasteiger partial charge in [-0.05, 0) is 24.7 Å². The Bertz CT molecular complexity index is 200. The largest absolute Gasteiger partial charge is 0.411 e. The molecule has 0 bridgehead atoms. The third-order valence-corrected chi connectivity index (χ3v) is 3.24. The van der Waals surface area contributed by atoms with Crippen LogP contribution in [0.3, 0.4) is 0 Å². The maximum atomic E-state index is 11.8. The summed E-state index contributed by atoms with van der Waals surface area (Å²) in [7, 11) is 0. The van der Waals surface area contributed by atoms with Crippen LogP contribution < -0.4 is 5.73 Å². The molecule has 1 atom stereocenters. The molecule has 1 aliphatic carbocycles.